The molecule has 0 saturated carbocycles. The zero-order chi connectivity index (χ0) is 13.4. The van der Waals surface area contributed by atoms with Gasteiger partial charge in [-0.25, -0.2) is 4.79 Å². The van der Waals surface area contributed by atoms with E-state index in [0.717, 1.165) is 0 Å². The lowest BCUT2D eigenvalue weighted by molar-refractivity contribution is -0.137. The molecule has 18 heavy (non-hydrogen) atoms. The van der Waals surface area contributed by atoms with E-state index in [9.17, 15) is 9.59 Å². The molecule has 0 aliphatic rings. The summed E-state index contributed by atoms with van der Waals surface area (Å²) in [7, 11) is 0. The molecule has 0 aliphatic heterocycles. The summed E-state index contributed by atoms with van der Waals surface area (Å²) in [6.07, 6.45) is 2.89. The van der Waals surface area contributed by atoms with Crippen molar-refractivity contribution in [1.29, 1.82) is 0 Å². The molecule has 6 nitrogen and oxygen atoms in total. The average molecular weight is 254 g/mol. The highest BCUT2D eigenvalue weighted by Gasteiger charge is 2.10. The third-order valence-electron chi connectivity index (χ3n) is 2.42. The Morgan fingerprint density at radius 2 is 2.22 bits per heavy atom. The molecular weight excluding hydrogens is 236 g/mol. The summed E-state index contributed by atoms with van der Waals surface area (Å²) in [6.45, 7) is 2.28. The molecule has 1 unspecified atom stereocenters. The number of urea groups is 1. The van der Waals surface area contributed by atoms with Crippen molar-refractivity contribution in [3.05, 3.63) is 24.2 Å². The van der Waals surface area contributed by atoms with E-state index in [2.05, 4.69) is 10.6 Å². The Morgan fingerprint density at radius 1 is 1.44 bits per heavy atom. The molecule has 1 heterocycles. The number of hydrogen-bond donors (Lipinski definition) is 3. The lowest BCUT2D eigenvalue weighted by Crippen LogP contribution is -2.37. The summed E-state index contributed by atoms with van der Waals surface area (Å²) < 4.78 is 5.16. The maximum absolute atomic E-state index is 11.5. The number of unbranched alkanes of at least 4 members (excludes halogenated alkanes) is 1. The van der Waals surface area contributed by atoms with Gasteiger partial charge in [0.1, 0.15) is 5.76 Å². The summed E-state index contributed by atoms with van der Waals surface area (Å²) in [5, 5.41) is 13.8. The van der Waals surface area contributed by atoms with E-state index in [4.69, 9.17) is 9.52 Å². The van der Waals surface area contributed by atoms with Gasteiger partial charge in [-0.1, -0.05) is 0 Å². The molecule has 2 amide bonds. The van der Waals surface area contributed by atoms with Crippen LogP contribution in [0.5, 0.6) is 0 Å². The molecule has 0 aliphatic carbocycles. The maximum Gasteiger partial charge on any atom is 0.315 e. The van der Waals surface area contributed by atoms with Crippen molar-refractivity contribution in [1.82, 2.24) is 10.6 Å². The quantitative estimate of drug-likeness (QED) is 0.648. The van der Waals surface area contributed by atoms with E-state index >= 15 is 0 Å². The van der Waals surface area contributed by atoms with Crippen molar-refractivity contribution < 1.29 is 19.1 Å². The van der Waals surface area contributed by atoms with Crippen LogP contribution in [0.15, 0.2) is 22.8 Å². The van der Waals surface area contributed by atoms with Crippen molar-refractivity contribution in [3.8, 4) is 0 Å². The Balaban J connectivity index is 2.12. The van der Waals surface area contributed by atoms with Gasteiger partial charge in [0.15, 0.2) is 0 Å². The summed E-state index contributed by atoms with van der Waals surface area (Å²) >= 11 is 0. The van der Waals surface area contributed by atoms with E-state index in [1.54, 1.807) is 18.4 Å². The molecule has 0 aromatic carbocycles. The third kappa shape index (κ3) is 5.38. The van der Waals surface area contributed by atoms with Crippen LogP contribution in [0, 0.1) is 0 Å². The molecule has 0 radical (unpaired) electrons. The van der Waals surface area contributed by atoms with Gasteiger partial charge in [0.05, 0.1) is 12.3 Å². The van der Waals surface area contributed by atoms with E-state index in [1.807, 2.05) is 6.92 Å². The molecule has 0 spiro atoms. The Labute approximate surface area is 105 Å². The van der Waals surface area contributed by atoms with Crippen molar-refractivity contribution in [2.75, 3.05) is 6.54 Å². The van der Waals surface area contributed by atoms with Gasteiger partial charge in [0, 0.05) is 13.0 Å². The van der Waals surface area contributed by atoms with E-state index in [-0.39, 0.29) is 18.5 Å². The van der Waals surface area contributed by atoms with Crippen LogP contribution >= 0.6 is 0 Å². The van der Waals surface area contributed by atoms with Gasteiger partial charge in [-0.15, -0.1) is 0 Å². The first-order valence-electron chi connectivity index (χ1n) is 5.89. The zero-order valence-corrected chi connectivity index (χ0v) is 10.3. The number of carbonyl (C=O) groups excluding carboxylic acids is 1. The molecule has 3 N–H and O–H groups in total. The lowest BCUT2D eigenvalue weighted by Gasteiger charge is -2.12. The number of rotatable bonds is 7. The average Bonchev–Trinajstić information content (AvgIpc) is 2.81. The summed E-state index contributed by atoms with van der Waals surface area (Å²) in [5.74, 6) is -0.123. The standard InChI is InChI=1S/C12H18N2O4/c1-9(10-5-4-8-18-10)14-12(17)13-7-3-2-6-11(15)16/h4-5,8-9H,2-3,6-7H2,1H3,(H,15,16)(H2,13,14,17). The Kier molecular flexibility index (Phi) is 5.76. The number of amides is 2. The lowest BCUT2D eigenvalue weighted by atomic mass is 10.2. The first-order valence-corrected chi connectivity index (χ1v) is 5.89. The minimum atomic E-state index is -0.814. The molecule has 1 aromatic rings. The van der Waals surface area contributed by atoms with Crippen LogP contribution in [-0.4, -0.2) is 23.7 Å². The number of aliphatic carboxylic acids is 1. The monoisotopic (exact) mass is 254 g/mol. The first-order chi connectivity index (χ1) is 8.59. The van der Waals surface area contributed by atoms with Gasteiger partial charge in [0.25, 0.3) is 0 Å². The van der Waals surface area contributed by atoms with Gasteiger partial charge >= 0.3 is 12.0 Å². The minimum Gasteiger partial charge on any atom is -0.481 e. The van der Waals surface area contributed by atoms with E-state index in [0.29, 0.717) is 25.1 Å². The summed E-state index contributed by atoms with van der Waals surface area (Å²) in [6, 6.07) is 3.07. The van der Waals surface area contributed by atoms with Crippen LogP contribution in [0.1, 0.15) is 38.0 Å². The van der Waals surface area contributed by atoms with Crippen molar-refractivity contribution in [2.45, 2.75) is 32.2 Å². The first kappa shape index (κ1) is 14.1. The van der Waals surface area contributed by atoms with Crippen LogP contribution in [-0.2, 0) is 4.79 Å². The molecule has 100 valence electrons. The van der Waals surface area contributed by atoms with Crippen molar-refractivity contribution >= 4 is 12.0 Å². The Morgan fingerprint density at radius 3 is 2.83 bits per heavy atom. The fourth-order valence-corrected chi connectivity index (χ4v) is 1.46. The number of hydrogen-bond acceptors (Lipinski definition) is 3. The number of carboxylic acid groups (broad SMARTS) is 1. The summed E-state index contributed by atoms with van der Waals surface area (Å²) in [5.41, 5.74) is 0. The molecule has 1 atom stereocenters. The zero-order valence-electron chi connectivity index (χ0n) is 10.3. The van der Waals surface area contributed by atoms with Crippen LogP contribution in [0.25, 0.3) is 0 Å². The predicted molar refractivity (Wildman–Crippen MR) is 65.1 cm³/mol. The second kappa shape index (κ2) is 7.37. The van der Waals surface area contributed by atoms with Gasteiger partial charge in [-0.3, -0.25) is 4.79 Å². The number of carboxylic acids is 1. The van der Waals surface area contributed by atoms with Gasteiger partial charge in [-0.05, 0) is 31.9 Å². The van der Waals surface area contributed by atoms with Crippen LogP contribution in [0.4, 0.5) is 4.79 Å². The molecular formula is C12H18N2O4. The molecule has 0 bridgehead atoms. The molecule has 0 saturated heterocycles. The minimum absolute atomic E-state index is 0.131. The number of furan rings is 1. The second-order valence-electron chi connectivity index (χ2n) is 3.99. The Bertz CT molecular complexity index is 375. The largest absolute Gasteiger partial charge is 0.481 e. The predicted octanol–water partition coefficient (Wildman–Crippen LogP) is 1.89. The van der Waals surface area contributed by atoms with E-state index < -0.39 is 5.97 Å². The van der Waals surface area contributed by atoms with Crippen LogP contribution in [0.3, 0.4) is 0 Å². The molecule has 0 fully saturated rings. The Hall–Kier alpha value is -1.98. The molecule has 1 aromatic heterocycles. The topological polar surface area (TPSA) is 91.6 Å². The normalized spacial score (nSPS) is 11.8. The third-order valence-corrected chi connectivity index (χ3v) is 2.42. The van der Waals surface area contributed by atoms with Crippen molar-refractivity contribution in [3.63, 3.8) is 0 Å². The fourth-order valence-electron chi connectivity index (χ4n) is 1.46. The van der Waals surface area contributed by atoms with Crippen LogP contribution < -0.4 is 10.6 Å². The highest BCUT2D eigenvalue weighted by Crippen LogP contribution is 2.11. The molecule has 6 heteroatoms. The van der Waals surface area contributed by atoms with Gasteiger partial charge in [0.2, 0.25) is 0 Å². The SMILES string of the molecule is CC(NC(=O)NCCCCC(=O)O)c1ccco1. The van der Waals surface area contributed by atoms with Gasteiger partial charge < -0.3 is 20.2 Å². The second-order valence-corrected chi connectivity index (χ2v) is 3.99. The van der Waals surface area contributed by atoms with Crippen LogP contribution in [0.2, 0.25) is 0 Å². The highest BCUT2D eigenvalue weighted by molar-refractivity contribution is 5.74. The van der Waals surface area contributed by atoms with E-state index in [1.165, 1.54) is 0 Å². The van der Waals surface area contributed by atoms with Crippen molar-refractivity contribution in [2.24, 2.45) is 0 Å². The van der Waals surface area contributed by atoms with Gasteiger partial charge in [-0.2, -0.15) is 0 Å². The maximum atomic E-state index is 11.5. The number of nitrogens with one attached hydrogen (secondary N) is 2. The smallest absolute Gasteiger partial charge is 0.315 e. The molecule has 1 rings (SSSR count). The highest BCUT2D eigenvalue weighted by atomic mass is 16.4. The fraction of sp³-hybridized carbons (Fsp3) is 0.500. The number of carbonyl (C=O) groups is 2. The summed E-state index contributed by atoms with van der Waals surface area (Å²) in [4.78, 5) is 21.7.